The molecule has 1 N–H and O–H groups in total. The smallest absolute Gasteiger partial charge is 0.245 e. The summed E-state index contributed by atoms with van der Waals surface area (Å²) in [6, 6.07) is -0.276. The number of carbonyl (C=O) groups is 1. The molecule has 154 valence electrons. The Morgan fingerprint density at radius 3 is 2.79 bits per heavy atom. The summed E-state index contributed by atoms with van der Waals surface area (Å²) in [7, 11) is 1.94. The van der Waals surface area contributed by atoms with Crippen molar-refractivity contribution in [2.45, 2.75) is 46.7 Å². The van der Waals surface area contributed by atoms with E-state index in [4.69, 9.17) is 4.98 Å². The van der Waals surface area contributed by atoms with Crippen LogP contribution in [0.25, 0.3) is 22.6 Å². The molecule has 4 rings (SSSR count). The Morgan fingerprint density at radius 2 is 2.10 bits per heavy atom. The zero-order chi connectivity index (χ0) is 20.7. The number of likely N-dealkylation sites (tertiary alicyclic amines) is 1. The zero-order valence-electron chi connectivity index (χ0n) is 17.7. The number of carbonyl (C=O) groups excluding carboxylic acids is 1. The fourth-order valence-corrected chi connectivity index (χ4v) is 3.99. The van der Waals surface area contributed by atoms with Crippen molar-refractivity contribution < 1.29 is 4.79 Å². The SMILES string of the molecule is CCn1ncc(-c2nc3c(NC4CCN(CC(C)C)C4=O)ncnc3n2C)c1C. The molecule has 4 heterocycles. The van der Waals surface area contributed by atoms with E-state index in [-0.39, 0.29) is 11.9 Å². The third kappa shape index (κ3) is 3.34. The van der Waals surface area contributed by atoms with Crippen molar-refractivity contribution in [2.24, 2.45) is 13.0 Å². The summed E-state index contributed by atoms with van der Waals surface area (Å²) in [4.78, 5) is 28.3. The lowest BCUT2D eigenvalue weighted by Crippen LogP contribution is -2.35. The molecule has 1 amide bonds. The van der Waals surface area contributed by atoms with Crippen molar-refractivity contribution in [2.75, 3.05) is 18.4 Å². The van der Waals surface area contributed by atoms with Gasteiger partial charge in [-0.25, -0.2) is 15.0 Å². The van der Waals surface area contributed by atoms with Crippen molar-refractivity contribution in [1.82, 2.24) is 34.2 Å². The van der Waals surface area contributed by atoms with E-state index < -0.39 is 0 Å². The summed E-state index contributed by atoms with van der Waals surface area (Å²) in [5, 5.41) is 7.75. The number of nitrogens with one attached hydrogen (secondary N) is 1. The first-order valence-electron chi connectivity index (χ1n) is 10.2. The molecule has 0 spiro atoms. The van der Waals surface area contributed by atoms with E-state index in [0.717, 1.165) is 48.8 Å². The lowest BCUT2D eigenvalue weighted by atomic mass is 10.2. The standard InChI is InChI=1S/C20H28N8O/c1-6-28-13(4)14(9-23-28)18-25-16-17(21-11-22-19(16)26(18)5)24-15-7-8-27(20(15)29)10-12(2)3/h9,11-12,15H,6-8,10H2,1-5H3,(H,21,22,24). The number of anilines is 1. The Balaban J connectivity index is 1.67. The molecule has 0 aromatic carbocycles. The van der Waals surface area contributed by atoms with Gasteiger partial charge in [-0.2, -0.15) is 5.10 Å². The zero-order valence-corrected chi connectivity index (χ0v) is 17.7. The molecule has 1 unspecified atom stereocenters. The third-order valence-corrected chi connectivity index (χ3v) is 5.49. The van der Waals surface area contributed by atoms with Crippen LogP contribution in [0, 0.1) is 12.8 Å². The van der Waals surface area contributed by atoms with Crippen molar-refractivity contribution in [3.63, 3.8) is 0 Å². The number of hydrogen-bond donors (Lipinski definition) is 1. The van der Waals surface area contributed by atoms with Crippen LogP contribution in [0.5, 0.6) is 0 Å². The second-order valence-corrected chi connectivity index (χ2v) is 8.01. The minimum absolute atomic E-state index is 0.127. The molecular formula is C20H28N8O. The maximum atomic E-state index is 12.7. The van der Waals surface area contributed by atoms with E-state index in [1.165, 1.54) is 6.33 Å². The first-order valence-corrected chi connectivity index (χ1v) is 10.2. The van der Waals surface area contributed by atoms with Gasteiger partial charge in [0.25, 0.3) is 0 Å². The summed E-state index contributed by atoms with van der Waals surface area (Å²) in [6.45, 7) is 10.7. The average Bonchev–Trinajstić information content (AvgIpc) is 3.33. The molecule has 3 aromatic heterocycles. The van der Waals surface area contributed by atoms with Gasteiger partial charge in [0.2, 0.25) is 5.91 Å². The van der Waals surface area contributed by atoms with Gasteiger partial charge in [0.15, 0.2) is 17.0 Å². The Morgan fingerprint density at radius 1 is 1.31 bits per heavy atom. The fourth-order valence-electron chi connectivity index (χ4n) is 3.99. The highest BCUT2D eigenvalue weighted by atomic mass is 16.2. The molecule has 1 aliphatic rings. The van der Waals surface area contributed by atoms with Crippen LogP contribution < -0.4 is 5.32 Å². The van der Waals surface area contributed by atoms with Crippen LogP contribution in [0.3, 0.4) is 0 Å². The van der Waals surface area contributed by atoms with E-state index in [9.17, 15) is 4.79 Å². The highest BCUT2D eigenvalue weighted by Crippen LogP contribution is 2.28. The first kappa shape index (κ1) is 19.4. The predicted molar refractivity (Wildman–Crippen MR) is 111 cm³/mol. The van der Waals surface area contributed by atoms with Crippen LogP contribution in [-0.4, -0.2) is 59.2 Å². The van der Waals surface area contributed by atoms with Crippen molar-refractivity contribution >= 4 is 22.9 Å². The van der Waals surface area contributed by atoms with Crippen molar-refractivity contribution in [3.8, 4) is 11.4 Å². The molecule has 9 nitrogen and oxygen atoms in total. The quantitative estimate of drug-likeness (QED) is 0.687. The number of amides is 1. The van der Waals surface area contributed by atoms with Crippen LogP contribution in [0.4, 0.5) is 5.82 Å². The lowest BCUT2D eigenvalue weighted by molar-refractivity contribution is -0.128. The average molecular weight is 396 g/mol. The van der Waals surface area contributed by atoms with E-state index in [1.807, 2.05) is 34.3 Å². The number of hydrogen-bond acceptors (Lipinski definition) is 6. The van der Waals surface area contributed by atoms with Gasteiger partial charge in [-0.1, -0.05) is 13.8 Å². The second-order valence-electron chi connectivity index (χ2n) is 8.01. The lowest BCUT2D eigenvalue weighted by Gasteiger charge is -2.19. The van der Waals surface area contributed by atoms with Crippen molar-refractivity contribution in [1.29, 1.82) is 0 Å². The molecule has 0 saturated carbocycles. The molecule has 1 fully saturated rings. The number of aromatic nitrogens is 6. The number of aryl methyl sites for hydroxylation is 2. The summed E-state index contributed by atoms with van der Waals surface area (Å²) in [5.74, 6) is 1.97. The topological polar surface area (TPSA) is 93.8 Å². The summed E-state index contributed by atoms with van der Waals surface area (Å²) < 4.78 is 3.90. The van der Waals surface area contributed by atoms with Gasteiger partial charge in [0, 0.05) is 32.4 Å². The number of imidazole rings is 1. The van der Waals surface area contributed by atoms with Crippen molar-refractivity contribution in [3.05, 3.63) is 18.2 Å². The minimum Gasteiger partial charge on any atom is -0.356 e. The first-order chi connectivity index (χ1) is 13.9. The Hall–Kier alpha value is -2.97. The highest BCUT2D eigenvalue weighted by molar-refractivity contribution is 5.91. The van der Waals surface area contributed by atoms with E-state index >= 15 is 0 Å². The fraction of sp³-hybridized carbons (Fsp3) is 0.550. The summed E-state index contributed by atoms with van der Waals surface area (Å²) in [6.07, 6.45) is 4.12. The molecule has 1 saturated heterocycles. The van der Waals surface area contributed by atoms with Crippen LogP contribution in [0.15, 0.2) is 12.5 Å². The molecular weight excluding hydrogens is 368 g/mol. The molecule has 29 heavy (non-hydrogen) atoms. The minimum atomic E-state index is -0.276. The third-order valence-electron chi connectivity index (χ3n) is 5.49. The molecule has 1 aliphatic heterocycles. The molecule has 0 aliphatic carbocycles. The molecule has 9 heteroatoms. The number of nitrogens with zero attached hydrogens (tertiary/aromatic N) is 7. The largest absolute Gasteiger partial charge is 0.356 e. The Bertz CT molecular complexity index is 1050. The van der Waals surface area contributed by atoms with Gasteiger partial charge in [-0.15, -0.1) is 0 Å². The van der Waals surface area contributed by atoms with E-state index in [2.05, 4.69) is 41.2 Å². The van der Waals surface area contributed by atoms with Gasteiger partial charge in [0.1, 0.15) is 18.2 Å². The molecule has 0 bridgehead atoms. The molecule has 0 radical (unpaired) electrons. The van der Waals surface area contributed by atoms with E-state index in [0.29, 0.717) is 17.3 Å². The maximum Gasteiger partial charge on any atom is 0.245 e. The Kier molecular flexibility index (Phi) is 4.97. The van der Waals surface area contributed by atoms with Crippen LogP contribution in [0.2, 0.25) is 0 Å². The second kappa shape index (κ2) is 7.46. The van der Waals surface area contributed by atoms with Gasteiger partial charge < -0.3 is 14.8 Å². The number of rotatable bonds is 6. The number of fused-ring (bicyclic) bond motifs is 1. The Labute approximate surface area is 170 Å². The monoisotopic (exact) mass is 396 g/mol. The summed E-state index contributed by atoms with van der Waals surface area (Å²) in [5.41, 5.74) is 3.43. The van der Waals surface area contributed by atoms with Crippen LogP contribution in [0.1, 0.15) is 32.9 Å². The van der Waals surface area contributed by atoms with Crippen LogP contribution >= 0.6 is 0 Å². The predicted octanol–water partition coefficient (Wildman–Crippen LogP) is 2.22. The molecule has 1 atom stereocenters. The summed E-state index contributed by atoms with van der Waals surface area (Å²) >= 11 is 0. The van der Waals surface area contributed by atoms with Gasteiger partial charge in [-0.05, 0) is 26.2 Å². The van der Waals surface area contributed by atoms with Gasteiger partial charge >= 0.3 is 0 Å². The van der Waals surface area contributed by atoms with Crippen LogP contribution in [-0.2, 0) is 18.4 Å². The normalized spacial score (nSPS) is 17.1. The highest BCUT2D eigenvalue weighted by Gasteiger charge is 2.32. The van der Waals surface area contributed by atoms with E-state index in [1.54, 1.807) is 0 Å². The molecule has 3 aromatic rings. The maximum absolute atomic E-state index is 12.7. The van der Waals surface area contributed by atoms with Gasteiger partial charge in [-0.3, -0.25) is 9.48 Å². The van der Waals surface area contributed by atoms with Gasteiger partial charge in [0.05, 0.1) is 11.8 Å².